The summed E-state index contributed by atoms with van der Waals surface area (Å²) in [6.07, 6.45) is 1.18. The van der Waals surface area contributed by atoms with Crippen molar-refractivity contribution in [1.82, 2.24) is 5.32 Å². The molecule has 0 radical (unpaired) electrons. The molecular formula is C24H16ClN2O7-. The van der Waals surface area contributed by atoms with Crippen LogP contribution in [-0.4, -0.2) is 30.4 Å². The Bertz CT molecular complexity index is 1360. The van der Waals surface area contributed by atoms with Crippen LogP contribution in [0.5, 0.6) is 5.75 Å². The molecule has 0 saturated carbocycles. The molecule has 1 aromatic heterocycles. The van der Waals surface area contributed by atoms with Gasteiger partial charge in [-0.3, -0.25) is 14.9 Å². The summed E-state index contributed by atoms with van der Waals surface area (Å²) in [5, 5.41) is 13.5. The molecule has 172 valence electrons. The van der Waals surface area contributed by atoms with Gasteiger partial charge in [-0.25, -0.2) is 9.69 Å². The highest BCUT2D eigenvalue weighted by molar-refractivity contribution is 6.39. The Balaban J connectivity index is 1.68. The second-order valence-electron chi connectivity index (χ2n) is 7.07. The van der Waals surface area contributed by atoms with Crippen LogP contribution in [0.15, 0.2) is 64.6 Å². The molecule has 4 amide bonds. The third kappa shape index (κ3) is 4.41. The van der Waals surface area contributed by atoms with E-state index in [1.54, 1.807) is 19.1 Å². The van der Waals surface area contributed by atoms with E-state index in [2.05, 4.69) is 5.32 Å². The van der Waals surface area contributed by atoms with E-state index in [0.29, 0.717) is 12.4 Å². The van der Waals surface area contributed by atoms with Crippen LogP contribution in [0.25, 0.3) is 17.4 Å². The predicted octanol–water partition coefficient (Wildman–Crippen LogP) is 3.03. The summed E-state index contributed by atoms with van der Waals surface area (Å²) in [7, 11) is 0. The lowest BCUT2D eigenvalue weighted by molar-refractivity contribution is -0.255. The van der Waals surface area contributed by atoms with Crippen LogP contribution in [-0.2, 0) is 9.59 Å². The number of carbonyl (C=O) groups is 4. The molecule has 10 heteroatoms. The number of furan rings is 1. The second-order valence-corrected chi connectivity index (χ2v) is 7.48. The quantitative estimate of drug-likeness (QED) is 0.425. The highest BCUT2D eigenvalue weighted by Crippen LogP contribution is 2.32. The number of carboxylic acids is 1. The van der Waals surface area contributed by atoms with Crippen molar-refractivity contribution in [2.24, 2.45) is 0 Å². The lowest BCUT2D eigenvalue weighted by Crippen LogP contribution is -2.54. The van der Waals surface area contributed by atoms with Gasteiger partial charge in [0.15, 0.2) is 0 Å². The number of amides is 4. The van der Waals surface area contributed by atoms with Gasteiger partial charge in [0, 0.05) is 11.6 Å². The zero-order valence-electron chi connectivity index (χ0n) is 17.7. The maximum Gasteiger partial charge on any atom is 0.335 e. The number of hydrogen-bond acceptors (Lipinski definition) is 7. The summed E-state index contributed by atoms with van der Waals surface area (Å²) in [5.74, 6) is -2.34. The first-order chi connectivity index (χ1) is 16.3. The molecule has 34 heavy (non-hydrogen) atoms. The van der Waals surface area contributed by atoms with Crippen LogP contribution < -0.4 is 20.1 Å². The topological polar surface area (TPSA) is 129 Å². The van der Waals surface area contributed by atoms with Crippen molar-refractivity contribution in [3.63, 3.8) is 0 Å². The normalized spacial score (nSPS) is 14.9. The molecule has 1 saturated heterocycles. The van der Waals surface area contributed by atoms with Crippen molar-refractivity contribution in [1.29, 1.82) is 0 Å². The van der Waals surface area contributed by atoms with Gasteiger partial charge in [-0.1, -0.05) is 23.7 Å². The number of aromatic carboxylic acids is 1. The molecule has 3 aromatic rings. The number of nitrogens with one attached hydrogen (secondary N) is 1. The summed E-state index contributed by atoms with van der Waals surface area (Å²) in [4.78, 5) is 49.9. The highest BCUT2D eigenvalue weighted by atomic mass is 35.5. The lowest BCUT2D eigenvalue weighted by atomic mass is 10.1. The third-order valence-electron chi connectivity index (χ3n) is 4.87. The van der Waals surface area contributed by atoms with Crippen LogP contribution in [0.3, 0.4) is 0 Å². The van der Waals surface area contributed by atoms with Crippen molar-refractivity contribution in [2.75, 3.05) is 11.5 Å². The summed E-state index contributed by atoms with van der Waals surface area (Å²) in [5.41, 5.74) is 0.0766. The van der Waals surface area contributed by atoms with Gasteiger partial charge in [0.2, 0.25) is 0 Å². The first-order valence-corrected chi connectivity index (χ1v) is 10.4. The molecule has 9 nitrogen and oxygen atoms in total. The molecule has 0 aliphatic carbocycles. The molecule has 0 atom stereocenters. The Morgan fingerprint density at radius 2 is 1.94 bits per heavy atom. The average Bonchev–Trinajstić information content (AvgIpc) is 3.25. The second kappa shape index (κ2) is 9.24. The Morgan fingerprint density at radius 3 is 2.68 bits per heavy atom. The van der Waals surface area contributed by atoms with Crippen molar-refractivity contribution >= 4 is 47.2 Å². The summed E-state index contributed by atoms with van der Waals surface area (Å²) >= 11 is 6.16. The molecule has 0 spiro atoms. The number of rotatable bonds is 6. The zero-order valence-corrected chi connectivity index (χ0v) is 18.4. The number of benzene rings is 2. The third-order valence-corrected chi connectivity index (χ3v) is 5.20. The van der Waals surface area contributed by atoms with Gasteiger partial charge in [-0.05, 0) is 55.0 Å². The van der Waals surface area contributed by atoms with Crippen molar-refractivity contribution in [2.45, 2.75) is 6.92 Å². The fraction of sp³-hybridized carbons (Fsp3) is 0.0833. The number of carboxylic acid groups (broad SMARTS) is 1. The molecule has 4 rings (SSSR count). The molecule has 1 N–H and O–H groups in total. The van der Waals surface area contributed by atoms with Crippen molar-refractivity contribution in [3.8, 4) is 17.1 Å². The minimum atomic E-state index is -1.38. The standard InChI is InChI=1S/C24H17ClN2O7/c1-2-33-15-5-3-4-14(11-15)27-22(29)18(21(28)26-24(27)32)12-16-7-9-20(34-16)17-10-13(23(30)31)6-8-19(17)25/h3-12H,2H2,1H3,(H,30,31)(H,26,28,32)/p-1/b18-12+. The van der Waals surface area contributed by atoms with Gasteiger partial charge in [0.05, 0.1) is 23.3 Å². The minimum Gasteiger partial charge on any atom is -0.545 e. The summed E-state index contributed by atoms with van der Waals surface area (Å²) in [6.45, 7) is 2.19. The zero-order chi connectivity index (χ0) is 24.4. The highest BCUT2D eigenvalue weighted by Gasteiger charge is 2.37. The first-order valence-electron chi connectivity index (χ1n) is 10.0. The number of anilines is 1. The average molecular weight is 480 g/mol. The first kappa shape index (κ1) is 22.8. The number of urea groups is 1. The summed E-state index contributed by atoms with van der Waals surface area (Å²) in [6, 6.07) is 12.4. The van der Waals surface area contributed by atoms with E-state index in [1.165, 1.54) is 48.5 Å². The Kier molecular flexibility index (Phi) is 6.20. The number of ether oxygens (including phenoxy) is 1. The predicted molar refractivity (Wildman–Crippen MR) is 120 cm³/mol. The number of imide groups is 2. The Labute approximate surface area is 198 Å². The van der Waals surface area contributed by atoms with Gasteiger partial charge in [-0.15, -0.1) is 0 Å². The van der Waals surface area contributed by atoms with E-state index in [0.717, 1.165) is 4.90 Å². The molecule has 0 unspecified atom stereocenters. The van der Waals surface area contributed by atoms with Crippen LogP contribution in [0.1, 0.15) is 23.0 Å². The van der Waals surface area contributed by atoms with Crippen molar-refractivity contribution < 1.29 is 33.4 Å². The summed E-state index contributed by atoms with van der Waals surface area (Å²) < 4.78 is 11.1. The lowest BCUT2D eigenvalue weighted by Gasteiger charge is -2.26. The van der Waals surface area contributed by atoms with E-state index >= 15 is 0 Å². The number of halogens is 1. The van der Waals surface area contributed by atoms with Crippen LogP contribution >= 0.6 is 11.6 Å². The maximum atomic E-state index is 13.1. The van der Waals surface area contributed by atoms with Crippen LogP contribution in [0, 0.1) is 0 Å². The monoisotopic (exact) mass is 479 g/mol. The largest absolute Gasteiger partial charge is 0.545 e. The number of hydrogen-bond donors (Lipinski definition) is 1. The number of carbonyl (C=O) groups excluding carboxylic acids is 4. The molecule has 1 aliphatic heterocycles. The number of nitrogens with zero attached hydrogens (tertiary/aromatic N) is 1. The van der Waals surface area contributed by atoms with E-state index in [9.17, 15) is 24.3 Å². The molecule has 1 aliphatic rings. The van der Waals surface area contributed by atoms with Gasteiger partial charge in [0.25, 0.3) is 11.8 Å². The Morgan fingerprint density at radius 1 is 1.15 bits per heavy atom. The molecule has 2 heterocycles. The van der Waals surface area contributed by atoms with Crippen molar-refractivity contribution in [3.05, 3.63) is 76.5 Å². The van der Waals surface area contributed by atoms with E-state index in [4.69, 9.17) is 20.8 Å². The maximum absolute atomic E-state index is 13.1. The fourth-order valence-electron chi connectivity index (χ4n) is 3.33. The molecular weight excluding hydrogens is 464 g/mol. The van der Waals surface area contributed by atoms with Crippen LogP contribution in [0.2, 0.25) is 5.02 Å². The van der Waals surface area contributed by atoms with Gasteiger partial charge >= 0.3 is 6.03 Å². The van der Waals surface area contributed by atoms with E-state index in [-0.39, 0.29) is 38.9 Å². The SMILES string of the molecule is CCOc1cccc(N2C(=O)NC(=O)/C(=C\c3ccc(-c4cc(C(=O)[O-])ccc4Cl)o3)C2=O)c1. The van der Waals surface area contributed by atoms with E-state index in [1.807, 2.05) is 0 Å². The van der Waals surface area contributed by atoms with Gasteiger partial charge < -0.3 is 19.1 Å². The fourth-order valence-corrected chi connectivity index (χ4v) is 3.54. The number of barbiturate groups is 1. The van der Waals surface area contributed by atoms with Gasteiger partial charge in [-0.2, -0.15) is 0 Å². The Hall–Kier alpha value is -4.37. The smallest absolute Gasteiger partial charge is 0.335 e. The van der Waals surface area contributed by atoms with Gasteiger partial charge in [0.1, 0.15) is 22.8 Å². The molecule has 1 fully saturated rings. The van der Waals surface area contributed by atoms with E-state index < -0.39 is 23.8 Å². The van der Waals surface area contributed by atoms with Crippen LogP contribution in [0.4, 0.5) is 10.5 Å². The molecule has 0 bridgehead atoms. The minimum absolute atomic E-state index is 0.0963. The molecule has 2 aromatic carbocycles.